The van der Waals surface area contributed by atoms with E-state index in [4.69, 9.17) is 30.2 Å². The van der Waals surface area contributed by atoms with Crippen LogP contribution in [-0.4, -0.2) is 59.5 Å². The Hall–Kier alpha value is -4.52. The molecule has 1 fully saturated rings. The van der Waals surface area contributed by atoms with E-state index in [9.17, 15) is 32.0 Å². The normalized spacial score (nSPS) is 26.9. The van der Waals surface area contributed by atoms with Gasteiger partial charge in [-0.1, -0.05) is 60.4 Å². The second-order valence-corrected chi connectivity index (χ2v) is 11.5. The SMILES string of the molecule is [2H]c1c([2H])c(F)c(F)c(CSc2c([2H])c(=O)c3c([2H])c([2H])c([2H])c([2H])c3n2CC(=O)N(C([2H])([2H])c2c([2H])c([2H])c(-c3c([2H])c([2H])c(C(F)(F)F)c(C)c3[2H])c([2H])c2[2H])C2([2H])C([2H])([2H])C([2H])([2H])N(CCOC([2H])([2H])[2H])C([2H])([2H])C2([2H])[2H])c1[2H]. The summed E-state index contributed by atoms with van der Waals surface area (Å²) in [6.07, 6.45) is -14.8. The van der Waals surface area contributed by atoms with E-state index in [2.05, 4.69) is 4.74 Å². The Morgan fingerprint density at radius 1 is 1.04 bits per heavy atom. The minimum atomic E-state index is -5.39. The predicted molar refractivity (Wildman–Crippen MR) is 198 cm³/mol. The third kappa shape index (κ3) is 9.00. The monoisotopic (exact) mass is 778 g/mol. The molecule has 6 nitrogen and oxygen atoms in total. The third-order valence-corrected chi connectivity index (χ3v) is 8.04. The van der Waals surface area contributed by atoms with Crippen LogP contribution in [0.5, 0.6) is 0 Å². The standard InChI is InChI=1S/C41H40F5N3O3S/c1-27-22-30(14-15-34(27)41(44,45)46)29-12-10-28(11-13-29)24-48(32-16-18-47(19-17-32)20-21-52-2)38(51)25-49-36-9-4-3-7-33(36)37(50)23-39(49)53-26-31-6-5-8-35(42)40(31)43/h3-15,22-23,32H,16-21,24-26H2,1-2H3/i2D3,3D,4D,5D,6D,7D,8D,9D,10D,11D,12D,13D,14D,15D,16D2,17D2,18D2,19D2,22D,23D,24D2,32D. The molecule has 0 saturated carbocycles. The molecule has 5 aromatic rings. The number of piperidine rings is 1. The molecule has 1 aliphatic heterocycles. The maximum Gasteiger partial charge on any atom is 0.416 e. The van der Waals surface area contributed by atoms with Crippen LogP contribution in [0.1, 0.15) is 74.8 Å². The number of benzene rings is 4. The van der Waals surface area contributed by atoms with Crippen LogP contribution in [0.25, 0.3) is 22.0 Å². The number of nitrogens with zero attached hydrogens (tertiary/aromatic N) is 3. The number of fused-ring (bicyclic) bond motifs is 1. The molecule has 4 aromatic carbocycles. The molecule has 0 N–H and O–H groups in total. The minimum Gasteiger partial charge on any atom is -0.383 e. The minimum absolute atomic E-state index is 0.0550. The summed E-state index contributed by atoms with van der Waals surface area (Å²) in [5, 5.41) is -2.31. The number of aromatic nitrogens is 1. The molecule has 2 heterocycles. The van der Waals surface area contributed by atoms with Gasteiger partial charge in [-0.05, 0) is 66.1 Å². The Morgan fingerprint density at radius 3 is 2.51 bits per heavy atom. The predicted octanol–water partition coefficient (Wildman–Crippen LogP) is 8.71. The number of thioether (sulfide) groups is 1. The van der Waals surface area contributed by atoms with Gasteiger partial charge in [0.15, 0.2) is 17.1 Å². The molecule has 0 aliphatic carbocycles. The van der Waals surface area contributed by atoms with Crippen molar-refractivity contribution in [1.82, 2.24) is 14.4 Å². The van der Waals surface area contributed by atoms with E-state index in [0.29, 0.717) is 6.92 Å². The molecule has 0 atom stereocenters. The number of likely N-dealkylation sites (tertiary alicyclic amines) is 1. The van der Waals surface area contributed by atoms with E-state index >= 15 is 9.18 Å². The van der Waals surface area contributed by atoms with Gasteiger partial charge in [-0.3, -0.25) is 9.59 Å². The fourth-order valence-corrected chi connectivity index (χ4v) is 5.49. The van der Waals surface area contributed by atoms with Crippen LogP contribution in [0.4, 0.5) is 22.0 Å². The van der Waals surface area contributed by atoms with E-state index < -0.39 is 245 Å². The van der Waals surface area contributed by atoms with Crippen molar-refractivity contribution < 1.29 is 71.2 Å². The number of hydrogen-bond donors (Lipinski definition) is 0. The lowest BCUT2D eigenvalue weighted by Gasteiger charge is -2.39. The van der Waals surface area contributed by atoms with Crippen LogP contribution in [0.15, 0.2) is 100 Å². The van der Waals surface area contributed by atoms with E-state index in [-0.39, 0.29) is 21.2 Å². The molecule has 278 valence electrons. The average Bonchev–Trinajstić information content (AvgIpc) is 1.30. The van der Waals surface area contributed by atoms with E-state index in [1.54, 1.807) is 0 Å². The Kier molecular flexibility index (Phi) is 5.05. The first-order valence-corrected chi connectivity index (χ1v) is 15.7. The van der Waals surface area contributed by atoms with Gasteiger partial charge in [0.25, 0.3) is 0 Å². The number of amides is 1. The summed E-state index contributed by atoms with van der Waals surface area (Å²) < 4.78 is 330. The first-order valence-electron chi connectivity index (χ1n) is 29.2. The topological polar surface area (TPSA) is 54.8 Å². The zero-order valence-electron chi connectivity index (χ0n) is 55.7. The number of methoxy groups -OCH3 is 1. The molecule has 53 heavy (non-hydrogen) atoms. The molecule has 0 spiro atoms. The molecule has 1 aromatic heterocycles. The number of halogens is 5. The second kappa shape index (κ2) is 16.7. The summed E-state index contributed by atoms with van der Waals surface area (Å²) >= 11 is -0.0550. The molecule has 0 radical (unpaired) electrons. The Labute approximate surface area is 349 Å². The number of carbonyl (C=O) groups is 1. The van der Waals surface area contributed by atoms with Gasteiger partial charge in [0.05, 0.1) is 51.5 Å². The van der Waals surface area contributed by atoms with Crippen molar-refractivity contribution in [1.29, 1.82) is 0 Å². The van der Waals surface area contributed by atoms with Gasteiger partial charge in [-0.15, -0.1) is 11.8 Å². The molecular formula is C41H40F5N3O3S. The summed E-state index contributed by atoms with van der Waals surface area (Å²) in [6.45, 7) is -17.5. The van der Waals surface area contributed by atoms with Crippen LogP contribution in [-0.2, 0) is 34.5 Å². The van der Waals surface area contributed by atoms with Crippen molar-refractivity contribution in [3.8, 4) is 11.1 Å². The lowest BCUT2D eigenvalue weighted by molar-refractivity contribution is -0.138. The molecule has 6 rings (SSSR count). The second-order valence-electron chi connectivity index (χ2n) is 10.5. The molecule has 0 unspecified atom stereocenters. The maximum absolute atomic E-state index is 15.8. The van der Waals surface area contributed by atoms with Crippen LogP contribution in [0.3, 0.4) is 0 Å². The lowest BCUT2D eigenvalue weighted by atomic mass is 9.98. The van der Waals surface area contributed by atoms with E-state index in [1.165, 1.54) is 0 Å². The zero-order chi connectivity index (χ0) is 63.1. The molecule has 1 aliphatic rings. The summed E-state index contributed by atoms with van der Waals surface area (Å²) in [4.78, 5) is 28.5. The highest BCUT2D eigenvalue weighted by atomic mass is 32.2. The van der Waals surface area contributed by atoms with E-state index in [0.717, 1.165) is 0 Å². The number of hydrogen-bond acceptors (Lipinski definition) is 5. The highest BCUT2D eigenvalue weighted by Gasteiger charge is 2.32. The van der Waals surface area contributed by atoms with E-state index in [1.807, 2.05) is 0 Å². The van der Waals surface area contributed by atoms with Gasteiger partial charge in [0.1, 0.15) is 6.54 Å². The molecule has 12 heteroatoms. The highest BCUT2D eigenvalue weighted by Crippen LogP contribution is 2.34. The van der Waals surface area contributed by atoms with Crippen molar-refractivity contribution in [2.75, 3.05) is 33.2 Å². The van der Waals surface area contributed by atoms with Crippen molar-refractivity contribution in [3.05, 3.63) is 135 Å². The number of alkyl halides is 3. The number of ether oxygens (including phenoxy) is 1. The first kappa shape index (κ1) is 16.1. The molecule has 1 amide bonds. The number of pyridine rings is 1. The third-order valence-electron chi connectivity index (χ3n) is 7.01. The quantitative estimate of drug-likeness (QED) is 0.0938. The summed E-state index contributed by atoms with van der Waals surface area (Å²) in [6, 6.07) is -26.6. The van der Waals surface area contributed by atoms with Crippen LogP contribution < -0.4 is 5.43 Å². The Bertz CT molecular complexity index is 3480. The smallest absolute Gasteiger partial charge is 0.383 e. The first-order chi connectivity index (χ1) is 37.0. The van der Waals surface area contributed by atoms with Crippen molar-refractivity contribution in [2.24, 2.45) is 0 Å². The number of carbonyl (C=O) groups excluding carboxylic acids is 1. The highest BCUT2D eigenvalue weighted by molar-refractivity contribution is 7.98. The van der Waals surface area contributed by atoms with Crippen molar-refractivity contribution >= 4 is 28.6 Å². The van der Waals surface area contributed by atoms with Gasteiger partial charge >= 0.3 is 6.18 Å². The van der Waals surface area contributed by atoms with Gasteiger partial charge < -0.3 is 19.1 Å². The lowest BCUT2D eigenvalue weighted by Crippen LogP contribution is -2.48. The largest absolute Gasteiger partial charge is 0.416 e. The number of rotatable bonds is 12. The van der Waals surface area contributed by atoms with Gasteiger partial charge in [0, 0.05) is 72.8 Å². The van der Waals surface area contributed by atoms with Crippen LogP contribution in [0.2, 0.25) is 0 Å². The summed E-state index contributed by atoms with van der Waals surface area (Å²) in [5.41, 5.74) is -11.2. The Balaban J connectivity index is 1.77. The molecule has 1 saturated heterocycles. The maximum atomic E-state index is 15.8. The zero-order valence-corrected chi connectivity index (χ0v) is 27.5. The average molecular weight is 779 g/mol. The summed E-state index contributed by atoms with van der Waals surface area (Å²) in [7, 11) is -3.31. The van der Waals surface area contributed by atoms with Gasteiger partial charge in [-0.25, -0.2) is 8.78 Å². The van der Waals surface area contributed by atoms with Gasteiger partial charge in [-0.2, -0.15) is 13.2 Å². The van der Waals surface area contributed by atoms with Crippen molar-refractivity contribution in [2.45, 2.75) is 55.7 Å². The Morgan fingerprint density at radius 2 is 1.77 bits per heavy atom. The molecular weight excluding hydrogens is 710 g/mol. The summed E-state index contributed by atoms with van der Waals surface area (Å²) in [5.74, 6) is -7.59. The fourth-order valence-electron chi connectivity index (χ4n) is 4.53. The van der Waals surface area contributed by atoms with Gasteiger partial charge in [0.2, 0.25) is 5.91 Å². The fraction of sp³-hybridized carbons (Fsp3) is 0.317. The van der Waals surface area contributed by atoms with Crippen molar-refractivity contribution in [3.63, 3.8) is 0 Å². The van der Waals surface area contributed by atoms with Crippen LogP contribution >= 0.6 is 11.8 Å². The van der Waals surface area contributed by atoms with Crippen LogP contribution in [0, 0.1) is 18.6 Å². The number of para-hydroxylation sites is 1. The molecule has 0 bridgehead atoms.